The molecule has 2 aromatic rings. The van der Waals surface area contributed by atoms with E-state index in [-0.39, 0.29) is 6.04 Å². The van der Waals surface area contributed by atoms with E-state index in [1.165, 1.54) is 6.33 Å². The molecule has 6 nitrogen and oxygen atoms in total. The molecule has 1 aromatic carbocycles. The quantitative estimate of drug-likeness (QED) is 0.889. The standard InChI is InChI=1S/C17H18F2N4O2/c1-10-6-15(21-9-20-10)23-4-2-12(3-5-23)22-17(25)16-13(19)7-11(18)8-14(16)24/h6-9,12,24H,2-5H2,1H3,(H,22,25). The summed E-state index contributed by atoms with van der Waals surface area (Å²) in [5.41, 5.74) is 0.345. The normalized spacial score (nSPS) is 15.2. The Morgan fingerprint density at radius 3 is 2.60 bits per heavy atom. The molecule has 132 valence electrons. The van der Waals surface area contributed by atoms with Gasteiger partial charge in [-0.2, -0.15) is 0 Å². The minimum absolute atomic E-state index is 0.157. The van der Waals surface area contributed by atoms with Crippen LogP contribution in [0.4, 0.5) is 14.6 Å². The molecule has 0 unspecified atom stereocenters. The third-order valence-corrected chi connectivity index (χ3v) is 4.20. The number of rotatable bonds is 3. The number of piperidine rings is 1. The lowest BCUT2D eigenvalue weighted by molar-refractivity contribution is 0.0924. The first-order chi connectivity index (χ1) is 11.9. The minimum Gasteiger partial charge on any atom is -0.507 e. The summed E-state index contributed by atoms with van der Waals surface area (Å²) < 4.78 is 26.8. The summed E-state index contributed by atoms with van der Waals surface area (Å²) in [7, 11) is 0. The van der Waals surface area contributed by atoms with Crippen LogP contribution in [0.15, 0.2) is 24.5 Å². The zero-order valence-electron chi connectivity index (χ0n) is 13.7. The fraction of sp³-hybridized carbons (Fsp3) is 0.353. The molecule has 8 heteroatoms. The number of carbonyl (C=O) groups excluding carboxylic acids is 1. The van der Waals surface area contributed by atoms with Gasteiger partial charge in [-0.15, -0.1) is 0 Å². The van der Waals surface area contributed by atoms with E-state index in [4.69, 9.17) is 0 Å². The van der Waals surface area contributed by atoms with Gasteiger partial charge in [0.25, 0.3) is 5.91 Å². The highest BCUT2D eigenvalue weighted by atomic mass is 19.1. The van der Waals surface area contributed by atoms with Gasteiger partial charge in [0.2, 0.25) is 0 Å². The third kappa shape index (κ3) is 3.84. The van der Waals surface area contributed by atoms with Gasteiger partial charge in [-0.05, 0) is 19.8 Å². The van der Waals surface area contributed by atoms with Crippen LogP contribution >= 0.6 is 0 Å². The summed E-state index contributed by atoms with van der Waals surface area (Å²) in [6.45, 7) is 3.25. The lowest BCUT2D eigenvalue weighted by atomic mass is 10.0. The van der Waals surface area contributed by atoms with Crippen molar-refractivity contribution in [2.75, 3.05) is 18.0 Å². The van der Waals surface area contributed by atoms with E-state index in [1.54, 1.807) is 0 Å². The van der Waals surface area contributed by atoms with E-state index in [0.717, 1.165) is 17.6 Å². The summed E-state index contributed by atoms with van der Waals surface area (Å²) in [4.78, 5) is 22.6. The number of nitrogens with one attached hydrogen (secondary N) is 1. The number of anilines is 1. The molecule has 0 atom stereocenters. The lowest BCUT2D eigenvalue weighted by Crippen LogP contribution is -2.45. The predicted molar refractivity (Wildman–Crippen MR) is 87.5 cm³/mol. The fourth-order valence-corrected chi connectivity index (χ4v) is 2.91. The van der Waals surface area contributed by atoms with Gasteiger partial charge in [0.15, 0.2) is 0 Å². The van der Waals surface area contributed by atoms with Gasteiger partial charge in [0, 0.05) is 43.0 Å². The maximum absolute atomic E-state index is 13.8. The molecule has 2 heterocycles. The highest BCUT2D eigenvalue weighted by molar-refractivity contribution is 5.97. The summed E-state index contributed by atoms with van der Waals surface area (Å²) in [6, 6.07) is 3.04. The lowest BCUT2D eigenvalue weighted by Gasteiger charge is -2.33. The van der Waals surface area contributed by atoms with Crippen molar-refractivity contribution >= 4 is 11.7 Å². The van der Waals surface area contributed by atoms with Crippen LogP contribution in [0.3, 0.4) is 0 Å². The topological polar surface area (TPSA) is 78.4 Å². The largest absolute Gasteiger partial charge is 0.507 e. The number of aryl methyl sites for hydroxylation is 1. The Labute approximate surface area is 143 Å². The maximum Gasteiger partial charge on any atom is 0.258 e. The first kappa shape index (κ1) is 17.1. The van der Waals surface area contributed by atoms with E-state index >= 15 is 0 Å². The Kier molecular flexibility index (Phi) is 4.78. The monoisotopic (exact) mass is 348 g/mol. The number of benzene rings is 1. The fourth-order valence-electron chi connectivity index (χ4n) is 2.91. The Hall–Kier alpha value is -2.77. The van der Waals surface area contributed by atoms with Crippen molar-refractivity contribution in [1.82, 2.24) is 15.3 Å². The molecular formula is C17H18F2N4O2. The maximum atomic E-state index is 13.8. The van der Waals surface area contributed by atoms with Gasteiger partial charge in [0.1, 0.15) is 35.1 Å². The average Bonchev–Trinajstić information content (AvgIpc) is 2.54. The smallest absolute Gasteiger partial charge is 0.258 e. The number of phenolic OH excluding ortho intramolecular Hbond substituents is 1. The summed E-state index contributed by atoms with van der Waals surface area (Å²) in [6.07, 6.45) is 2.81. The average molecular weight is 348 g/mol. The van der Waals surface area contributed by atoms with E-state index in [0.29, 0.717) is 32.0 Å². The number of halogens is 2. The van der Waals surface area contributed by atoms with Gasteiger partial charge in [-0.25, -0.2) is 18.7 Å². The van der Waals surface area contributed by atoms with Crippen LogP contribution in [0.1, 0.15) is 28.9 Å². The number of carbonyl (C=O) groups is 1. The van der Waals surface area contributed by atoms with Crippen LogP contribution in [0, 0.1) is 18.6 Å². The van der Waals surface area contributed by atoms with E-state index < -0.39 is 28.9 Å². The zero-order chi connectivity index (χ0) is 18.0. The number of hydrogen-bond donors (Lipinski definition) is 2. The summed E-state index contributed by atoms with van der Waals surface area (Å²) in [5.74, 6) is -2.63. The molecular weight excluding hydrogens is 330 g/mol. The Morgan fingerprint density at radius 1 is 1.24 bits per heavy atom. The van der Waals surface area contributed by atoms with E-state index in [9.17, 15) is 18.7 Å². The molecule has 0 radical (unpaired) electrons. The molecule has 1 aliphatic heterocycles. The molecule has 1 amide bonds. The highest BCUT2D eigenvalue weighted by Gasteiger charge is 2.25. The van der Waals surface area contributed by atoms with Gasteiger partial charge >= 0.3 is 0 Å². The molecule has 3 rings (SSSR count). The van der Waals surface area contributed by atoms with Crippen LogP contribution in [-0.4, -0.2) is 40.1 Å². The number of aromatic hydroxyl groups is 1. The molecule has 1 fully saturated rings. The van der Waals surface area contributed by atoms with Gasteiger partial charge in [0.05, 0.1) is 0 Å². The van der Waals surface area contributed by atoms with Crippen molar-refractivity contribution in [2.24, 2.45) is 0 Å². The SMILES string of the molecule is Cc1cc(N2CCC(NC(=O)c3c(O)cc(F)cc3F)CC2)ncn1. The first-order valence-corrected chi connectivity index (χ1v) is 7.96. The van der Waals surface area contributed by atoms with Crippen LogP contribution in [0.5, 0.6) is 5.75 Å². The van der Waals surface area contributed by atoms with Crippen LogP contribution in [-0.2, 0) is 0 Å². The predicted octanol–water partition coefficient (Wildman–Crippen LogP) is 2.17. The van der Waals surface area contributed by atoms with Gasteiger partial charge in [-0.1, -0.05) is 0 Å². The van der Waals surface area contributed by atoms with Crippen molar-refractivity contribution in [3.8, 4) is 5.75 Å². The molecule has 0 aliphatic carbocycles. The molecule has 1 saturated heterocycles. The number of nitrogens with zero attached hydrogens (tertiary/aromatic N) is 3. The van der Waals surface area contributed by atoms with Gasteiger partial charge in [-0.3, -0.25) is 4.79 Å². The molecule has 1 aliphatic rings. The first-order valence-electron chi connectivity index (χ1n) is 7.96. The van der Waals surface area contributed by atoms with Crippen molar-refractivity contribution in [3.63, 3.8) is 0 Å². The van der Waals surface area contributed by atoms with Crippen molar-refractivity contribution < 1.29 is 18.7 Å². The molecule has 2 N–H and O–H groups in total. The molecule has 0 bridgehead atoms. The number of amides is 1. The van der Waals surface area contributed by atoms with E-state index in [1.807, 2.05) is 13.0 Å². The zero-order valence-corrected chi connectivity index (χ0v) is 13.7. The second kappa shape index (κ2) is 7.00. The van der Waals surface area contributed by atoms with Crippen LogP contribution in [0.25, 0.3) is 0 Å². The number of aromatic nitrogens is 2. The Balaban J connectivity index is 1.62. The third-order valence-electron chi connectivity index (χ3n) is 4.20. The van der Waals surface area contributed by atoms with Gasteiger partial charge < -0.3 is 15.3 Å². The Morgan fingerprint density at radius 2 is 1.96 bits per heavy atom. The minimum atomic E-state index is -1.08. The second-order valence-corrected chi connectivity index (χ2v) is 6.03. The highest BCUT2D eigenvalue weighted by Crippen LogP contribution is 2.23. The van der Waals surface area contributed by atoms with Crippen LogP contribution < -0.4 is 10.2 Å². The van der Waals surface area contributed by atoms with Crippen molar-refractivity contribution in [1.29, 1.82) is 0 Å². The van der Waals surface area contributed by atoms with Crippen molar-refractivity contribution in [2.45, 2.75) is 25.8 Å². The van der Waals surface area contributed by atoms with Crippen LogP contribution in [0.2, 0.25) is 0 Å². The number of phenols is 1. The molecule has 0 spiro atoms. The summed E-state index contributed by atoms with van der Waals surface area (Å²) >= 11 is 0. The van der Waals surface area contributed by atoms with Crippen molar-refractivity contribution in [3.05, 3.63) is 47.4 Å². The molecule has 0 saturated carbocycles. The summed E-state index contributed by atoms with van der Waals surface area (Å²) in [5, 5.41) is 12.3. The van der Waals surface area contributed by atoms with E-state index in [2.05, 4.69) is 20.2 Å². The molecule has 1 aromatic heterocycles. The Bertz CT molecular complexity index is 769. The number of hydrogen-bond acceptors (Lipinski definition) is 5. The second-order valence-electron chi connectivity index (χ2n) is 6.03. The molecule has 25 heavy (non-hydrogen) atoms.